The van der Waals surface area contributed by atoms with Gasteiger partial charge in [-0.2, -0.15) is 4.98 Å². The monoisotopic (exact) mass is 368 g/mol. The Kier molecular flexibility index (Phi) is 4.76. The third-order valence-corrected chi connectivity index (χ3v) is 3.87. The maximum Gasteiger partial charge on any atom is 0.267 e. The van der Waals surface area contributed by atoms with Crippen molar-refractivity contribution in [2.45, 2.75) is 13.0 Å². The zero-order valence-electron chi connectivity index (χ0n) is 12.0. The van der Waals surface area contributed by atoms with E-state index < -0.39 is 6.10 Å². The van der Waals surface area contributed by atoms with E-state index in [1.807, 2.05) is 12.1 Å². The van der Waals surface area contributed by atoms with Crippen molar-refractivity contribution in [1.82, 2.24) is 10.1 Å². The van der Waals surface area contributed by atoms with Crippen LogP contribution in [0, 0.1) is 0 Å². The highest BCUT2D eigenvalue weighted by atomic mass is 35.5. The van der Waals surface area contributed by atoms with Gasteiger partial charge in [0.05, 0.1) is 5.02 Å². The summed E-state index contributed by atoms with van der Waals surface area (Å²) in [4.78, 5) is 4.34. The number of hydrogen-bond donors (Lipinski definition) is 0. The SMILES string of the molecule is C[C@H](Oc1ccc(Cl)cc1Cl)c1nc(-c2ccc(Cl)cc2)no1. The summed E-state index contributed by atoms with van der Waals surface area (Å²) in [5.41, 5.74) is 0.807. The van der Waals surface area contributed by atoms with Crippen molar-refractivity contribution in [3.63, 3.8) is 0 Å². The number of benzene rings is 2. The zero-order valence-corrected chi connectivity index (χ0v) is 14.2. The molecule has 0 N–H and O–H groups in total. The first-order chi connectivity index (χ1) is 11.0. The first-order valence-corrected chi connectivity index (χ1v) is 7.87. The maximum atomic E-state index is 6.09. The van der Waals surface area contributed by atoms with Gasteiger partial charge in [0.1, 0.15) is 5.75 Å². The zero-order chi connectivity index (χ0) is 16.4. The fourth-order valence-corrected chi connectivity index (χ4v) is 2.51. The topological polar surface area (TPSA) is 48.2 Å². The summed E-state index contributed by atoms with van der Waals surface area (Å²) < 4.78 is 11.0. The van der Waals surface area contributed by atoms with Gasteiger partial charge in [-0.3, -0.25) is 0 Å². The van der Waals surface area contributed by atoms with Crippen LogP contribution < -0.4 is 4.74 Å². The van der Waals surface area contributed by atoms with Crippen molar-refractivity contribution in [2.24, 2.45) is 0 Å². The summed E-state index contributed by atoms with van der Waals surface area (Å²) >= 11 is 17.8. The molecule has 23 heavy (non-hydrogen) atoms. The van der Waals surface area contributed by atoms with E-state index >= 15 is 0 Å². The number of ether oxygens (including phenoxy) is 1. The summed E-state index contributed by atoms with van der Waals surface area (Å²) in [6.45, 7) is 1.80. The largest absolute Gasteiger partial charge is 0.479 e. The average Bonchev–Trinajstić information content (AvgIpc) is 3.01. The lowest BCUT2D eigenvalue weighted by atomic mass is 10.2. The molecule has 0 spiro atoms. The molecule has 0 unspecified atom stereocenters. The normalized spacial score (nSPS) is 12.2. The molecular weight excluding hydrogens is 359 g/mol. The van der Waals surface area contributed by atoms with Gasteiger partial charge in [-0.25, -0.2) is 0 Å². The van der Waals surface area contributed by atoms with Crippen molar-refractivity contribution < 1.29 is 9.26 Å². The Hall–Kier alpha value is -1.75. The Labute approximate surface area is 147 Å². The molecule has 0 fully saturated rings. The van der Waals surface area contributed by atoms with Crippen LogP contribution in [0.3, 0.4) is 0 Å². The predicted octanol–water partition coefficient (Wildman–Crippen LogP) is 5.84. The molecule has 0 aliphatic carbocycles. The molecule has 0 saturated carbocycles. The molecule has 0 aliphatic heterocycles. The van der Waals surface area contributed by atoms with Gasteiger partial charge >= 0.3 is 0 Å². The summed E-state index contributed by atoms with van der Waals surface area (Å²) in [5.74, 6) is 1.31. The molecule has 2 aromatic carbocycles. The van der Waals surface area contributed by atoms with Crippen LogP contribution in [0.2, 0.25) is 15.1 Å². The van der Waals surface area contributed by atoms with E-state index in [9.17, 15) is 0 Å². The van der Waals surface area contributed by atoms with Crippen molar-refractivity contribution in [1.29, 1.82) is 0 Å². The van der Waals surface area contributed by atoms with Crippen molar-refractivity contribution >= 4 is 34.8 Å². The molecule has 3 aromatic rings. The highest BCUT2D eigenvalue weighted by molar-refractivity contribution is 6.35. The number of rotatable bonds is 4. The lowest BCUT2D eigenvalue weighted by Gasteiger charge is -2.12. The fourth-order valence-electron chi connectivity index (χ4n) is 1.93. The molecule has 1 aromatic heterocycles. The first kappa shape index (κ1) is 16.1. The first-order valence-electron chi connectivity index (χ1n) is 6.74. The third-order valence-electron chi connectivity index (χ3n) is 3.09. The molecule has 0 aliphatic rings. The second-order valence-electron chi connectivity index (χ2n) is 4.80. The van der Waals surface area contributed by atoms with E-state index in [1.54, 1.807) is 37.3 Å². The fraction of sp³-hybridized carbons (Fsp3) is 0.125. The number of aromatic nitrogens is 2. The number of halogens is 3. The van der Waals surface area contributed by atoms with Crippen LogP contribution in [0.5, 0.6) is 5.75 Å². The summed E-state index contributed by atoms with van der Waals surface area (Å²) in [5, 5.41) is 5.55. The molecule has 4 nitrogen and oxygen atoms in total. The minimum atomic E-state index is -0.456. The highest BCUT2D eigenvalue weighted by Gasteiger charge is 2.18. The van der Waals surface area contributed by atoms with Gasteiger partial charge in [-0.15, -0.1) is 0 Å². The highest BCUT2D eigenvalue weighted by Crippen LogP contribution is 2.31. The second kappa shape index (κ2) is 6.79. The van der Waals surface area contributed by atoms with Crippen LogP contribution in [-0.4, -0.2) is 10.1 Å². The van der Waals surface area contributed by atoms with Crippen LogP contribution in [-0.2, 0) is 0 Å². The standard InChI is InChI=1S/C16H11Cl3N2O2/c1-9(22-14-7-6-12(18)8-13(14)19)16-20-15(21-23-16)10-2-4-11(17)5-3-10/h2-9H,1H3/t9-/m0/s1. The van der Waals surface area contributed by atoms with Crippen molar-refractivity contribution in [2.75, 3.05) is 0 Å². The number of hydrogen-bond acceptors (Lipinski definition) is 4. The predicted molar refractivity (Wildman–Crippen MR) is 90.2 cm³/mol. The Morgan fingerprint density at radius 2 is 1.70 bits per heavy atom. The minimum absolute atomic E-state index is 0.348. The Balaban J connectivity index is 1.78. The minimum Gasteiger partial charge on any atom is -0.479 e. The second-order valence-corrected chi connectivity index (χ2v) is 6.08. The van der Waals surface area contributed by atoms with Gasteiger partial charge in [0.15, 0.2) is 6.10 Å². The molecule has 7 heteroatoms. The van der Waals surface area contributed by atoms with Crippen LogP contribution >= 0.6 is 34.8 Å². The van der Waals surface area contributed by atoms with Crippen LogP contribution in [0.25, 0.3) is 11.4 Å². The van der Waals surface area contributed by atoms with Gasteiger partial charge in [-0.1, -0.05) is 40.0 Å². The number of nitrogens with zero attached hydrogens (tertiary/aromatic N) is 2. The van der Waals surface area contributed by atoms with E-state index in [4.69, 9.17) is 44.1 Å². The van der Waals surface area contributed by atoms with E-state index in [1.165, 1.54) is 0 Å². The molecule has 1 atom stereocenters. The van der Waals surface area contributed by atoms with Crippen LogP contribution in [0.1, 0.15) is 18.9 Å². The Morgan fingerprint density at radius 1 is 1.00 bits per heavy atom. The third kappa shape index (κ3) is 3.78. The molecule has 0 radical (unpaired) electrons. The van der Waals surface area contributed by atoms with E-state index in [-0.39, 0.29) is 0 Å². The maximum absolute atomic E-state index is 6.09. The summed E-state index contributed by atoms with van der Waals surface area (Å²) in [6.07, 6.45) is -0.456. The lowest BCUT2D eigenvalue weighted by Crippen LogP contribution is -2.03. The average molecular weight is 370 g/mol. The lowest BCUT2D eigenvalue weighted by molar-refractivity contribution is 0.176. The van der Waals surface area contributed by atoms with Gasteiger partial charge < -0.3 is 9.26 Å². The molecule has 0 bridgehead atoms. The Morgan fingerprint density at radius 3 is 2.39 bits per heavy atom. The molecular formula is C16H11Cl3N2O2. The summed E-state index contributed by atoms with van der Waals surface area (Å²) in [7, 11) is 0. The van der Waals surface area contributed by atoms with Gasteiger partial charge in [0.25, 0.3) is 5.89 Å². The van der Waals surface area contributed by atoms with Gasteiger partial charge in [0.2, 0.25) is 5.82 Å². The molecule has 1 heterocycles. The van der Waals surface area contributed by atoms with Crippen LogP contribution in [0.4, 0.5) is 0 Å². The molecule has 0 amide bonds. The van der Waals surface area contributed by atoms with E-state index in [0.717, 1.165) is 5.56 Å². The van der Waals surface area contributed by atoms with Gasteiger partial charge in [0, 0.05) is 15.6 Å². The van der Waals surface area contributed by atoms with Crippen molar-refractivity contribution in [3.8, 4) is 17.1 Å². The quantitative estimate of drug-likeness (QED) is 0.580. The Bertz CT molecular complexity index is 818. The summed E-state index contributed by atoms with van der Waals surface area (Å²) in [6, 6.07) is 12.2. The smallest absolute Gasteiger partial charge is 0.267 e. The van der Waals surface area contributed by atoms with E-state index in [2.05, 4.69) is 10.1 Å². The van der Waals surface area contributed by atoms with Gasteiger partial charge in [-0.05, 0) is 49.4 Å². The van der Waals surface area contributed by atoms with E-state index in [0.29, 0.717) is 32.5 Å². The molecule has 118 valence electrons. The van der Waals surface area contributed by atoms with Crippen molar-refractivity contribution in [3.05, 3.63) is 63.4 Å². The van der Waals surface area contributed by atoms with Crippen LogP contribution in [0.15, 0.2) is 47.0 Å². The molecule has 0 saturated heterocycles. The molecule has 3 rings (SSSR count).